The largest absolute Gasteiger partial charge is 0.205 e. The fourth-order valence-corrected chi connectivity index (χ4v) is 6.37. The Hall–Kier alpha value is -2.12. The lowest BCUT2D eigenvalue weighted by Gasteiger charge is -2.28. The van der Waals surface area contributed by atoms with Crippen LogP contribution in [0.1, 0.15) is 107 Å². The zero-order valence-electron chi connectivity index (χ0n) is 24.1. The molecule has 3 aromatic rings. The summed E-state index contributed by atoms with van der Waals surface area (Å²) in [5, 5.41) is 0.174. The van der Waals surface area contributed by atoms with E-state index in [0.717, 1.165) is 29.4 Å². The second kappa shape index (κ2) is 16.2. The quantitative estimate of drug-likeness (QED) is 0.166. The van der Waals surface area contributed by atoms with Crippen molar-refractivity contribution < 1.29 is 4.39 Å². The molecule has 0 unspecified atom stereocenters. The lowest BCUT2D eigenvalue weighted by atomic mass is 9.77. The van der Waals surface area contributed by atoms with Gasteiger partial charge in [-0.2, -0.15) is 0 Å². The summed E-state index contributed by atoms with van der Waals surface area (Å²) in [6, 6.07) is 23.2. The molecule has 0 aliphatic heterocycles. The van der Waals surface area contributed by atoms with Crippen molar-refractivity contribution in [2.75, 3.05) is 0 Å². The second-order valence-electron chi connectivity index (χ2n) is 12.0. The minimum Gasteiger partial charge on any atom is -0.205 e. The summed E-state index contributed by atoms with van der Waals surface area (Å²) < 4.78 is 13.8. The second-order valence-corrected chi connectivity index (χ2v) is 12.4. The molecule has 4 rings (SSSR count). The Morgan fingerprint density at radius 3 is 1.59 bits per heavy atom. The zero-order valence-corrected chi connectivity index (χ0v) is 24.8. The fraction of sp³-hybridized carbons (Fsp3) is 0.514. The smallest absolute Gasteiger partial charge is 0.142 e. The van der Waals surface area contributed by atoms with Crippen LogP contribution in [0.4, 0.5) is 4.39 Å². The van der Waals surface area contributed by atoms with Gasteiger partial charge in [-0.1, -0.05) is 137 Å². The molecule has 1 fully saturated rings. The molecule has 0 amide bonds. The van der Waals surface area contributed by atoms with Gasteiger partial charge in [0.05, 0.1) is 5.02 Å². The van der Waals surface area contributed by atoms with Crippen LogP contribution in [-0.2, 0) is 19.3 Å². The maximum Gasteiger partial charge on any atom is 0.142 e. The molecule has 0 radical (unpaired) electrons. The van der Waals surface area contributed by atoms with E-state index in [1.54, 1.807) is 6.07 Å². The lowest BCUT2D eigenvalue weighted by molar-refractivity contribution is 0.253. The highest BCUT2D eigenvalue weighted by molar-refractivity contribution is 6.30. The number of hydrogen-bond acceptors (Lipinski definition) is 0. The van der Waals surface area contributed by atoms with Crippen LogP contribution in [0, 0.1) is 17.7 Å². The van der Waals surface area contributed by atoms with Crippen molar-refractivity contribution in [1.82, 2.24) is 0 Å². The predicted octanol–water partition coefficient (Wildman–Crippen LogP) is 11.8. The van der Waals surface area contributed by atoms with Gasteiger partial charge in [0, 0.05) is 0 Å². The van der Waals surface area contributed by atoms with Crippen LogP contribution in [0.15, 0.2) is 66.7 Å². The van der Waals surface area contributed by atoms with Crippen LogP contribution in [0.3, 0.4) is 0 Å². The third-order valence-electron chi connectivity index (χ3n) is 8.95. The summed E-state index contributed by atoms with van der Waals surface area (Å²) in [7, 11) is 0. The third kappa shape index (κ3) is 10.1. The van der Waals surface area contributed by atoms with Gasteiger partial charge in [0.1, 0.15) is 5.82 Å². The summed E-state index contributed by atoms with van der Waals surface area (Å²) in [5.74, 6) is 1.39. The first-order valence-electron chi connectivity index (χ1n) is 15.7. The number of halogens is 2. The van der Waals surface area contributed by atoms with Crippen molar-refractivity contribution in [3.05, 3.63) is 94.3 Å². The van der Waals surface area contributed by atoms with Crippen molar-refractivity contribution in [3.8, 4) is 11.1 Å². The van der Waals surface area contributed by atoms with Gasteiger partial charge < -0.3 is 0 Å². The van der Waals surface area contributed by atoms with E-state index in [2.05, 4.69) is 55.5 Å². The SMILES string of the molecule is CCCCCCCCCc1ccc(CC[C@H]2CC[C@H](CCc3ccc(-c4ccc(Cl)c(F)c4)cc3)CC2)cc1. The van der Waals surface area contributed by atoms with E-state index < -0.39 is 0 Å². The van der Waals surface area contributed by atoms with Crippen LogP contribution >= 0.6 is 11.6 Å². The molecule has 3 aromatic carbocycles. The van der Waals surface area contributed by atoms with E-state index in [4.69, 9.17) is 11.6 Å². The molecule has 2 heteroatoms. The van der Waals surface area contributed by atoms with E-state index in [1.165, 1.54) is 119 Å². The normalized spacial score (nSPS) is 17.4. The Bertz CT molecular complexity index is 1090. The number of benzene rings is 3. The standard InChI is InChI=1S/C37H48ClF/c1-2-3-4-5-6-7-8-9-29-10-12-30(13-11-29)14-15-31-16-18-32(19-17-31)20-21-33-22-24-34(25-23-33)35-26-27-36(38)37(39)28-35/h10-13,22-28,31-32H,2-9,14-21H2,1H3/t31-,32-. The molecule has 0 atom stereocenters. The maximum atomic E-state index is 13.8. The first-order valence-corrected chi connectivity index (χ1v) is 16.1. The van der Waals surface area contributed by atoms with E-state index in [-0.39, 0.29) is 10.8 Å². The maximum absolute atomic E-state index is 13.8. The van der Waals surface area contributed by atoms with E-state index >= 15 is 0 Å². The summed E-state index contributed by atoms with van der Waals surface area (Å²) in [4.78, 5) is 0. The number of unbranched alkanes of at least 4 members (excludes halogenated alkanes) is 6. The van der Waals surface area contributed by atoms with Crippen molar-refractivity contribution in [1.29, 1.82) is 0 Å². The Morgan fingerprint density at radius 1 is 0.590 bits per heavy atom. The summed E-state index contributed by atoms with van der Waals surface area (Å²) in [6.07, 6.45) is 21.5. The number of aryl methyl sites for hydroxylation is 3. The van der Waals surface area contributed by atoms with Crippen molar-refractivity contribution in [3.63, 3.8) is 0 Å². The predicted molar refractivity (Wildman–Crippen MR) is 167 cm³/mol. The average molecular weight is 547 g/mol. The topological polar surface area (TPSA) is 0 Å². The van der Waals surface area contributed by atoms with Gasteiger partial charge in [-0.3, -0.25) is 0 Å². The molecule has 210 valence electrons. The molecular formula is C37H48ClF. The van der Waals surface area contributed by atoms with Gasteiger partial charge >= 0.3 is 0 Å². The van der Waals surface area contributed by atoms with Gasteiger partial charge in [-0.15, -0.1) is 0 Å². The monoisotopic (exact) mass is 546 g/mol. The highest BCUT2D eigenvalue weighted by Gasteiger charge is 2.21. The van der Waals surface area contributed by atoms with Crippen LogP contribution in [0.2, 0.25) is 5.02 Å². The minimum atomic E-state index is -0.360. The first kappa shape index (κ1) is 29.9. The van der Waals surface area contributed by atoms with E-state index in [9.17, 15) is 4.39 Å². The van der Waals surface area contributed by atoms with Crippen LogP contribution in [0.25, 0.3) is 11.1 Å². The number of rotatable bonds is 15. The molecule has 0 saturated heterocycles. The number of hydrogen-bond donors (Lipinski definition) is 0. The molecule has 1 aliphatic rings. The highest BCUT2D eigenvalue weighted by atomic mass is 35.5. The van der Waals surface area contributed by atoms with Crippen molar-refractivity contribution in [2.24, 2.45) is 11.8 Å². The van der Waals surface area contributed by atoms with Crippen molar-refractivity contribution in [2.45, 2.75) is 110 Å². The summed E-state index contributed by atoms with van der Waals surface area (Å²) in [5.41, 5.74) is 6.33. The van der Waals surface area contributed by atoms with Gasteiger partial charge in [-0.25, -0.2) is 4.39 Å². The molecule has 0 nitrogen and oxygen atoms in total. The Balaban J connectivity index is 1.09. The van der Waals surface area contributed by atoms with Crippen LogP contribution in [-0.4, -0.2) is 0 Å². The highest BCUT2D eigenvalue weighted by Crippen LogP contribution is 2.34. The molecule has 0 spiro atoms. The molecule has 1 saturated carbocycles. The van der Waals surface area contributed by atoms with Crippen molar-refractivity contribution >= 4 is 11.6 Å². The summed E-state index contributed by atoms with van der Waals surface area (Å²) in [6.45, 7) is 2.29. The molecular weight excluding hydrogens is 499 g/mol. The third-order valence-corrected chi connectivity index (χ3v) is 9.25. The Kier molecular flexibility index (Phi) is 12.4. The lowest BCUT2D eigenvalue weighted by Crippen LogP contribution is -2.15. The van der Waals surface area contributed by atoms with Crippen LogP contribution in [0.5, 0.6) is 0 Å². The fourth-order valence-electron chi connectivity index (χ4n) is 6.25. The Labute approximate surface area is 242 Å². The molecule has 0 heterocycles. The zero-order chi connectivity index (χ0) is 27.3. The van der Waals surface area contributed by atoms with E-state index in [1.807, 2.05) is 6.07 Å². The first-order chi connectivity index (χ1) is 19.1. The Morgan fingerprint density at radius 2 is 1.05 bits per heavy atom. The molecule has 39 heavy (non-hydrogen) atoms. The average Bonchev–Trinajstić information content (AvgIpc) is 2.97. The molecule has 1 aliphatic carbocycles. The molecule has 0 N–H and O–H groups in total. The van der Waals surface area contributed by atoms with E-state index in [0.29, 0.717) is 0 Å². The summed E-state index contributed by atoms with van der Waals surface area (Å²) >= 11 is 5.82. The van der Waals surface area contributed by atoms with Gasteiger partial charge in [0.15, 0.2) is 0 Å². The van der Waals surface area contributed by atoms with Gasteiger partial charge in [-0.05, 0) is 90.3 Å². The van der Waals surface area contributed by atoms with Gasteiger partial charge in [0.25, 0.3) is 0 Å². The molecule has 0 bridgehead atoms. The van der Waals surface area contributed by atoms with Crippen LogP contribution < -0.4 is 0 Å². The molecule has 0 aromatic heterocycles. The minimum absolute atomic E-state index is 0.174. The van der Waals surface area contributed by atoms with Gasteiger partial charge in [0.2, 0.25) is 0 Å².